The van der Waals surface area contributed by atoms with Crippen LogP contribution in [0.1, 0.15) is 48.2 Å². The van der Waals surface area contributed by atoms with E-state index in [0.29, 0.717) is 11.3 Å². The van der Waals surface area contributed by atoms with Crippen molar-refractivity contribution in [3.63, 3.8) is 0 Å². The van der Waals surface area contributed by atoms with Crippen LogP contribution in [0.3, 0.4) is 0 Å². The first kappa shape index (κ1) is 27.9. The van der Waals surface area contributed by atoms with E-state index in [1.807, 2.05) is 13.0 Å². The van der Waals surface area contributed by atoms with Crippen LogP contribution >= 0.6 is 0 Å². The molecular formula is C29H31NO5SSi. The van der Waals surface area contributed by atoms with Gasteiger partial charge in [-0.05, 0) is 70.0 Å². The molecule has 192 valence electrons. The number of para-hydroxylation sites is 1. The van der Waals surface area contributed by atoms with Gasteiger partial charge in [-0.2, -0.15) is 4.31 Å². The van der Waals surface area contributed by atoms with Gasteiger partial charge in [-0.1, -0.05) is 55.4 Å². The lowest BCUT2D eigenvalue weighted by molar-refractivity contribution is 0.00354. The maximum Gasteiger partial charge on any atom is 0.374 e. The number of anilines is 1. The zero-order chi connectivity index (χ0) is 27.4. The number of hydrogen-bond acceptors (Lipinski definition) is 5. The Hall–Kier alpha value is -3.72. The molecule has 0 spiro atoms. The van der Waals surface area contributed by atoms with Gasteiger partial charge in [-0.3, -0.25) is 0 Å². The van der Waals surface area contributed by atoms with E-state index in [1.54, 1.807) is 63.2 Å². The second-order valence-electron chi connectivity index (χ2n) is 10.5. The van der Waals surface area contributed by atoms with Gasteiger partial charge in [0.15, 0.2) is 5.76 Å². The van der Waals surface area contributed by atoms with Crippen molar-refractivity contribution in [1.29, 1.82) is 0 Å². The maximum absolute atomic E-state index is 13.8. The fourth-order valence-electron chi connectivity index (χ4n) is 3.03. The van der Waals surface area contributed by atoms with E-state index in [2.05, 4.69) is 43.1 Å². The highest BCUT2D eigenvalue weighted by atomic mass is 32.2. The highest BCUT2D eigenvalue weighted by Crippen LogP contribution is 2.27. The number of esters is 1. The molecule has 6 nitrogen and oxygen atoms in total. The topological polar surface area (TPSA) is 76.8 Å². The average Bonchev–Trinajstić information content (AvgIpc) is 3.26. The van der Waals surface area contributed by atoms with Crippen molar-refractivity contribution in [1.82, 2.24) is 0 Å². The van der Waals surface area contributed by atoms with Crippen LogP contribution < -0.4 is 4.31 Å². The molecule has 0 bridgehead atoms. The summed E-state index contributed by atoms with van der Waals surface area (Å²) >= 11 is 0. The molecule has 0 radical (unpaired) electrons. The van der Waals surface area contributed by atoms with Gasteiger partial charge >= 0.3 is 5.97 Å². The number of sulfonamides is 1. The van der Waals surface area contributed by atoms with Crippen LogP contribution in [-0.2, 0) is 14.8 Å². The molecule has 0 fully saturated rings. The predicted molar refractivity (Wildman–Crippen MR) is 148 cm³/mol. The molecule has 0 saturated carbocycles. The van der Waals surface area contributed by atoms with Gasteiger partial charge in [0.2, 0.25) is 5.76 Å². The van der Waals surface area contributed by atoms with Gasteiger partial charge < -0.3 is 9.15 Å². The van der Waals surface area contributed by atoms with Crippen molar-refractivity contribution in [2.75, 3.05) is 4.31 Å². The number of carbonyl (C=O) groups is 1. The lowest BCUT2D eigenvalue weighted by Crippen LogP contribution is -2.27. The van der Waals surface area contributed by atoms with Gasteiger partial charge in [0.05, 0.1) is 10.6 Å². The Bertz CT molecular complexity index is 1520. The highest BCUT2D eigenvalue weighted by molar-refractivity contribution is 7.93. The summed E-state index contributed by atoms with van der Waals surface area (Å²) in [5.74, 6) is 5.38. The third kappa shape index (κ3) is 7.63. The molecule has 0 aliphatic rings. The number of aryl methyl sites for hydroxylation is 1. The first-order valence-electron chi connectivity index (χ1n) is 11.7. The molecule has 0 aliphatic heterocycles. The summed E-state index contributed by atoms with van der Waals surface area (Å²) in [4.78, 5) is 12.4. The molecular weight excluding hydrogens is 502 g/mol. The molecule has 0 unspecified atom stereocenters. The molecule has 1 aromatic heterocycles. The number of ether oxygens (including phenoxy) is 1. The summed E-state index contributed by atoms with van der Waals surface area (Å²) in [5, 5.41) is 0. The molecule has 0 saturated heterocycles. The Morgan fingerprint density at radius 1 is 0.946 bits per heavy atom. The number of nitrogens with zero attached hydrogens (tertiary/aromatic N) is 1. The minimum atomic E-state index is -4.08. The molecule has 0 atom stereocenters. The zero-order valence-electron chi connectivity index (χ0n) is 22.2. The second-order valence-corrected chi connectivity index (χ2v) is 17.0. The van der Waals surface area contributed by atoms with Crippen LogP contribution in [0.2, 0.25) is 19.6 Å². The zero-order valence-corrected chi connectivity index (χ0v) is 24.0. The summed E-state index contributed by atoms with van der Waals surface area (Å²) in [5.41, 5.74) is 4.42. The van der Waals surface area contributed by atoms with E-state index >= 15 is 0 Å². The largest absolute Gasteiger partial charge is 0.454 e. The lowest BCUT2D eigenvalue weighted by atomic mass is 10.2. The van der Waals surface area contributed by atoms with Crippen molar-refractivity contribution < 1.29 is 22.4 Å². The van der Waals surface area contributed by atoms with E-state index in [-0.39, 0.29) is 16.4 Å². The number of carbonyl (C=O) groups excluding carboxylic acids is 1. The Morgan fingerprint density at radius 3 is 2.22 bits per heavy atom. The summed E-state index contributed by atoms with van der Waals surface area (Å²) in [7, 11) is -5.82. The van der Waals surface area contributed by atoms with E-state index < -0.39 is 29.7 Å². The smallest absolute Gasteiger partial charge is 0.374 e. The van der Waals surface area contributed by atoms with Crippen LogP contribution in [0.4, 0.5) is 5.69 Å². The van der Waals surface area contributed by atoms with Gasteiger partial charge in [0.1, 0.15) is 13.7 Å². The average molecular weight is 534 g/mol. The Kier molecular flexibility index (Phi) is 8.07. The van der Waals surface area contributed by atoms with Crippen molar-refractivity contribution in [3.8, 4) is 23.4 Å². The van der Waals surface area contributed by atoms with E-state index in [9.17, 15) is 13.2 Å². The SMILES string of the molecule is Cc1ccc(S(=O)(=O)N(C#Cc2ccc(C(=O)OC(C)(C)C)o2)c2ccccc2C#C[Si](C)(C)C)cc1. The maximum atomic E-state index is 13.8. The fourth-order valence-corrected chi connectivity index (χ4v) is 4.81. The summed E-state index contributed by atoms with van der Waals surface area (Å²) in [6.07, 6.45) is 0. The third-order valence-electron chi connectivity index (χ3n) is 4.74. The van der Waals surface area contributed by atoms with Crippen LogP contribution in [0.25, 0.3) is 0 Å². The summed E-state index contributed by atoms with van der Waals surface area (Å²) in [6, 6.07) is 19.2. The van der Waals surface area contributed by atoms with E-state index in [0.717, 1.165) is 9.87 Å². The molecule has 2 aromatic carbocycles. The van der Waals surface area contributed by atoms with Gasteiger partial charge in [-0.25, -0.2) is 13.2 Å². The predicted octanol–water partition coefficient (Wildman–Crippen LogP) is 5.98. The molecule has 1 heterocycles. The van der Waals surface area contributed by atoms with Crippen molar-refractivity contribution in [2.45, 2.75) is 57.8 Å². The number of rotatable bonds is 4. The van der Waals surface area contributed by atoms with Crippen molar-refractivity contribution >= 4 is 29.8 Å². The normalized spacial score (nSPS) is 11.5. The summed E-state index contributed by atoms with van der Waals surface area (Å²) in [6.45, 7) is 13.5. The van der Waals surface area contributed by atoms with Crippen LogP contribution in [-0.4, -0.2) is 28.1 Å². The molecule has 3 aromatic rings. The van der Waals surface area contributed by atoms with Crippen molar-refractivity contribution in [3.05, 3.63) is 83.3 Å². The number of benzene rings is 2. The minimum Gasteiger partial charge on any atom is -0.454 e. The summed E-state index contributed by atoms with van der Waals surface area (Å²) < 4.78 is 39.4. The molecule has 3 rings (SSSR count). The van der Waals surface area contributed by atoms with Crippen LogP contribution in [0.15, 0.2) is 70.0 Å². The van der Waals surface area contributed by atoms with E-state index in [4.69, 9.17) is 9.15 Å². The molecule has 0 amide bonds. The monoisotopic (exact) mass is 533 g/mol. The molecule has 0 N–H and O–H groups in total. The molecule has 8 heteroatoms. The highest BCUT2D eigenvalue weighted by Gasteiger charge is 2.26. The standard InChI is InChI=1S/C29H31NO5SSi/c1-22-12-15-25(16-13-22)36(32,33)30(26-11-9-8-10-23(26)19-21-37(5,6)7)20-18-24-14-17-27(34-24)28(31)35-29(2,3)4/h8-17H,1-7H3. The van der Waals surface area contributed by atoms with Gasteiger partial charge in [0, 0.05) is 11.6 Å². The van der Waals surface area contributed by atoms with Gasteiger partial charge in [0.25, 0.3) is 10.0 Å². The quantitative estimate of drug-likeness (QED) is 0.179. The second kappa shape index (κ2) is 10.7. The first-order chi connectivity index (χ1) is 17.2. The van der Waals surface area contributed by atoms with Crippen LogP contribution in [0, 0.1) is 30.4 Å². The molecule has 37 heavy (non-hydrogen) atoms. The fraction of sp³-hybridized carbons (Fsp3) is 0.276. The Balaban J connectivity index is 2.11. The Labute approximate surface area is 220 Å². The van der Waals surface area contributed by atoms with E-state index in [1.165, 1.54) is 12.1 Å². The first-order valence-corrected chi connectivity index (χ1v) is 16.7. The minimum absolute atomic E-state index is 0.0198. The van der Waals surface area contributed by atoms with Crippen LogP contribution in [0.5, 0.6) is 0 Å². The van der Waals surface area contributed by atoms with Crippen molar-refractivity contribution in [2.24, 2.45) is 0 Å². The third-order valence-corrected chi connectivity index (χ3v) is 7.25. The lowest BCUT2D eigenvalue weighted by Gasteiger charge is -2.19. The number of hydrogen-bond donors (Lipinski definition) is 0. The Morgan fingerprint density at radius 2 is 1.59 bits per heavy atom. The molecule has 0 aliphatic carbocycles. The number of furan rings is 1. The van der Waals surface area contributed by atoms with Gasteiger partial charge in [-0.15, -0.1) is 5.54 Å².